The van der Waals surface area contributed by atoms with Crippen LogP contribution in [0.4, 0.5) is 0 Å². The molecular formula is C17H15Cl2NO2. The van der Waals surface area contributed by atoms with E-state index in [1.807, 2.05) is 0 Å². The Morgan fingerprint density at radius 2 is 1.77 bits per heavy atom. The molecule has 0 unspecified atom stereocenters. The van der Waals surface area contributed by atoms with Gasteiger partial charge in [0.1, 0.15) is 0 Å². The van der Waals surface area contributed by atoms with E-state index in [4.69, 9.17) is 23.2 Å². The lowest BCUT2D eigenvalue weighted by Gasteiger charge is -2.19. The molecule has 2 amide bonds. The third kappa shape index (κ3) is 1.82. The highest BCUT2D eigenvalue weighted by molar-refractivity contribution is 6.36. The highest BCUT2D eigenvalue weighted by Crippen LogP contribution is 2.55. The lowest BCUT2D eigenvalue weighted by molar-refractivity contribution is -0.141. The number of hydrogen-bond acceptors (Lipinski definition) is 2. The maximum absolute atomic E-state index is 12.8. The van der Waals surface area contributed by atoms with Crippen LogP contribution in [0.5, 0.6) is 0 Å². The van der Waals surface area contributed by atoms with Crippen molar-refractivity contribution in [2.45, 2.75) is 19.9 Å². The van der Waals surface area contributed by atoms with Gasteiger partial charge in [-0.1, -0.05) is 40.9 Å². The van der Waals surface area contributed by atoms with E-state index < -0.39 is 0 Å². The molecule has 3 nitrogen and oxygen atoms in total. The number of amides is 2. The van der Waals surface area contributed by atoms with Gasteiger partial charge in [0.15, 0.2) is 0 Å². The molecule has 0 N–H and O–H groups in total. The van der Waals surface area contributed by atoms with Gasteiger partial charge in [-0.25, -0.2) is 0 Å². The second-order valence-electron chi connectivity index (χ2n) is 6.43. The van der Waals surface area contributed by atoms with Crippen molar-refractivity contribution in [1.82, 2.24) is 4.90 Å². The standard InChI is InChI=1S/C17H15Cl2NO2/c1-8-5-9-6-10(8)15-14(9)16(21)20(17(15)22)7-11-12(18)3-2-4-13(11)19/h2-5,9-10,14-15H,6-7H2,1H3/t9-,10+,14+,15-/m1/s1. The number of nitrogens with zero attached hydrogens (tertiary/aromatic N) is 1. The molecule has 0 spiro atoms. The summed E-state index contributed by atoms with van der Waals surface area (Å²) in [6.45, 7) is 2.23. The highest BCUT2D eigenvalue weighted by atomic mass is 35.5. The van der Waals surface area contributed by atoms with Crippen LogP contribution >= 0.6 is 23.2 Å². The van der Waals surface area contributed by atoms with Crippen molar-refractivity contribution in [2.75, 3.05) is 0 Å². The number of likely N-dealkylation sites (tertiary alicyclic amines) is 1. The Balaban J connectivity index is 1.66. The van der Waals surface area contributed by atoms with Gasteiger partial charge in [-0.2, -0.15) is 0 Å². The van der Waals surface area contributed by atoms with Gasteiger partial charge in [-0.05, 0) is 37.3 Å². The Kier molecular flexibility index (Phi) is 3.14. The summed E-state index contributed by atoms with van der Waals surface area (Å²) in [5, 5.41) is 0.977. The molecule has 4 atom stereocenters. The average Bonchev–Trinajstić information content (AvgIpc) is 3.08. The Bertz CT molecular complexity index is 707. The highest BCUT2D eigenvalue weighted by Gasteiger charge is 2.60. The Hall–Kier alpha value is -1.32. The quantitative estimate of drug-likeness (QED) is 0.610. The van der Waals surface area contributed by atoms with Crippen LogP contribution in [0.2, 0.25) is 10.0 Å². The van der Waals surface area contributed by atoms with E-state index in [9.17, 15) is 9.59 Å². The van der Waals surface area contributed by atoms with Crippen LogP contribution < -0.4 is 0 Å². The van der Waals surface area contributed by atoms with Crippen LogP contribution in [0, 0.1) is 23.7 Å². The van der Waals surface area contributed by atoms with Gasteiger partial charge in [0, 0.05) is 15.6 Å². The van der Waals surface area contributed by atoms with E-state index in [0.717, 1.165) is 6.42 Å². The number of fused-ring (bicyclic) bond motifs is 5. The molecular weight excluding hydrogens is 321 g/mol. The van der Waals surface area contributed by atoms with Crippen molar-refractivity contribution in [3.05, 3.63) is 45.5 Å². The summed E-state index contributed by atoms with van der Waals surface area (Å²) in [7, 11) is 0. The molecule has 22 heavy (non-hydrogen) atoms. The molecule has 1 aliphatic heterocycles. The minimum absolute atomic E-state index is 0.0639. The molecule has 0 radical (unpaired) electrons. The fraction of sp³-hybridized carbons (Fsp3) is 0.412. The first kappa shape index (κ1) is 14.3. The summed E-state index contributed by atoms with van der Waals surface area (Å²) in [6, 6.07) is 5.21. The van der Waals surface area contributed by atoms with E-state index in [2.05, 4.69) is 13.0 Å². The summed E-state index contributed by atoms with van der Waals surface area (Å²) in [5.74, 6) is -0.0317. The number of rotatable bonds is 2. The molecule has 3 aliphatic rings. The summed E-state index contributed by atoms with van der Waals surface area (Å²) in [5.41, 5.74) is 1.90. The van der Waals surface area contributed by atoms with E-state index in [0.29, 0.717) is 15.6 Å². The molecule has 114 valence electrons. The number of halogens is 2. The fourth-order valence-electron chi connectivity index (χ4n) is 4.33. The van der Waals surface area contributed by atoms with Crippen molar-refractivity contribution in [2.24, 2.45) is 23.7 Å². The van der Waals surface area contributed by atoms with Crippen LogP contribution in [0.15, 0.2) is 29.8 Å². The fourth-order valence-corrected chi connectivity index (χ4v) is 4.85. The predicted molar refractivity (Wildman–Crippen MR) is 84.4 cm³/mol. The Morgan fingerprint density at radius 1 is 1.14 bits per heavy atom. The zero-order chi connectivity index (χ0) is 15.6. The van der Waals surface area contributed by atoms with Gasteiger partial charge in [0.2, 0.25) is 11.8 Å². The molecule has 4 rings (SSSR count). The van der Waals surface area contributed by atoms with Crippen LogP contribution in [0.25, 0.3) is 0 Å². The summed E-state index contributed by atoms with van der Waals surface area (Å²) >= 11 is 12.3. The van der Waals surface area contributed by atoms with Crippen LogP contribution in [0.3, 0.4) is 0 Å². The van der Waals surface area contributed by atoms with Gasteiger partial charge in [-0.3, -0.25) is 14.5 Å². The molecule has 0 aromatic heterocycles. The summed E-state index contributed by atoms with van der Waals surface area (Å²) < 4.78 is 0. The number of benzene rings is 1. The second-order valence-corrected chi connectivity index (χ2v) is 7.25. The maximum atomic E-state index is 12.8. The number of carbonyl (C=O) groups is 2. The lowest BCUT2D eigenvalue weighted by Crippen LogP contribution is -2.32. The van der Waals surface area contributed by atoms with Gasteiger partial charge < -0.3 is 0 Å². The predicted octanol–water partition coefficient (Wildman–Crippen LogP) is 3.69. The molecule has 1 saturated heterocycles. The topological polar surface area (TPSA) is 37.4 Å². The van der Waals surface area contributed by atoms with Gasteiger partial charge >= 0.3 is 0 Å². The minimum Gasteiger partial charge on any atom is -0.277 e. The van der Waals surface area contributed by atoms with E-state index >= 15 is 0 Å². The van der Waals surface area contributed by atoms with E-state index in [1.54, 1.807) is 18.2 Å². The van der Waals surface area contributed by atoms with E-state index in [1.165, 1.54) is 10.5 Å². The monoisotopic (exact) mass is 335 g/mol. The van der Waals surface area contributed by atoms with Gasteiger partial charge in [0.05, 0.1) is 18.4 Å². The van der Waals surface area contributed by atoms with Gasteiger partial charge in [-0.15, -0.1) is 0 Å². The molecule has 2 fully saturated rings. The third-order valence-corrected chi connectivity index (χ3v) is 6.06. The molecule has 1 aromatic carbocycles. The van der Waals surface area contributed by atoms with Gasteiger partial charge in [0.25, 0.3) is 0 Å². The molecule has 1 saturated carbocycles. The molecule has 5 heteroatoms. The van der Waals surface area contributed by atoms with Crippen molar-refractivity contribution >= 4 is 35.0 Å². The summed E-state index contributed by atoms with van der Waals surface area (Å²) in [4.78, 5) is 26.8. The van der Waals surface area contributed by atoms with Crippen molar-refractivity contribution in [3.63, 3.8) is 0 Å². The van der Waals surface area contributed by atoms with Crippen LogP contribution in [0.1, 0.15) is 18.9 Å². The number of carbonyl (C=O) groups excluding carboxylic acids is 2. The lowest BCUT2D eigenvalue weighted by atomic mass is 9.82. The molecule has 2 aliphatic carbocycles. The zero-order valence-electron chi connectivity index (χ0n) is 12.1. The third-order valence-electron chi connectivity index (χ3n) is 5.35. The Labute approximate surface area is 138 Å². The normalized spacial score (nSPS) is 32.7. The minimum atomic E-state index is -0.178. The number of imide groups is 1. The zero-order valence-corrected chi connectivity index (χ0v) is 13.6. The van der Waals surface area contributed by atoms with Crippen molar-refractivity contribution < 1.29 is 9.59 Å². The second kappa shape index (κ2) is 4.84. The Morgan fingerprint density at radius 3 is 2.45 bits per heavy atom. The number of allylic oxidation sites excluding steroid dienone is 2. The molecule has 1 heterocycles. The largest absolute Gasteiger partial charge is 0.277 e. The van der Waals surface area contributed by atoms with Crippen LogP contribution in [-0.2, 0) is 16.1 Å². The first-order valence-corrected chi connectivity index (χ1v) is 8.21. The van der Waals surface area contributed by atoms with Crippen LogP contribution in [-0.4, -0.2) is 16.7 Å². The number of hydrogen-bond donors (Lipinski definition) is 0. The summed E-state index contributed by atoms with van der Waals surface area (Å²) in [6.07, 6.45) is 3.11. The molecule has 1 aromatic rings. The SMILES string of the molecule is CC1=C[C@@H]2C[C@@H]1[C@H]1C(=O)N(Cc3c(Cl)cccc3Cl)C(=O)[C@H]12. The maximum Gasteiger partial charge on any atom is 0.234 e. The van der Waals surface area contributed by atoms with E-state index in [-0.39, 0.29) is 42.0 Å². The smallest absolute Gasteiger partial charge is 0.234 e. The average molecular weight is 336 g/mol. The first-order valence-electron chi connectivity index (χ1n) is 7.45. The molecule has 2 bridgehead atoms. The first-order chi connectivity index (χ1) is 10.5. The van der Waals surface area contributed by atoms with Crippen molar-refractivity contribution in [1.29, 1.82) is 0 Å². The van der Waals surface area contributed by atoms with Crippen molar-refractivity contribution in [3.8, 4) is 0 Å².